The Balaban J connectivity index is 2.27. The molecule has 0 bridgehead atoms. The summed E-state index contributed by atoms with van der Waals surface area (Å²) in [6, 6.07) is 2.26. The van der Waals surface area contributed by atoms with Crippen LogP contribution < -0.4 is 14.8 Å². The van der Waals surface area contributed by atoms with Crippen LogP contribution in [-0.2, 0) is 23.9 Å². The van der Waals surface area contributed by atoms with Crippen molar-refractivity contribution >= 4 is 41.6 Å². The third-order valence-electron chi connectivity index (χ3n) is 3.76. The first-order valence-corrected chi connectivity index (χ1v) is 9.34. The topological polar surface area (TPSA) is 120 Å². The molecule has 11 heteroatoms. The van der Waals surface area contributed by atoms with Crippen LogP contribution in [0.25, 0.3) is 6.08 Å². The van der Waals surface area contributed by atoms with Crippen molar-refractivity contribution in [3.8, 4) is 11.5 Å². The van der Waals surface area contributed by atoms with Gasteiger partial charge in [-0.25, -0.2) is 14.5 Å². The normalized spacial score (nSPS) is 14.5. The summed E-state index contributed by atoms with van der Waals surface area (Å²) >= 11 is 6.27. The Morgan fingerprint density at radius 3 is 2.50 bits per heavy atom. The van der Waals surface area contributed by atoms with Crippen LogP contribution >= 0.6 is 11.6 Å². The monoisotopic (exact) mass is 440 g/mol. The van der Waals surface area contributed by atoms with Gasteiger partial charge in [0.05, 0.1) is 25.3 Å². The van der Waals surface area contributed by atoms with E-state index in [0.29, 0.717) is 5.56 Å². The molecule has 1 aromatic rings. The zero-order valence-electron chi connectivity index (χ0n) is 16.7. The van der Waals surface area contributed by atoms with Crippen LogP contribution in [0.3, 0.4) is 0 Å². The number of carbonyl (C=O) groups excluding carboxylic acids is 4. The summed E-state index contributed by atoms with van der Waals surface area (Å²) in [4.78, 5) is 48.0. The lowest BCUT2D eigenvalue weighted by atomic mass is 10.1. The molecule has 10 nitrogen and oxygen atoms in total. The number of ether oxygens (including phenoxy) is 4. The maximum Gasteiger partial charge on any atom is 0.344 e. The van der Waals surface area contributed by atoms with Crippen molar-refractivity contribution in [2.45, 2.75) is 13.8 Å². The minimum absolute atomic E-state index is 0.0531. The first kappa shape index (κ1) is 23.0. The SMILES string of the molecule is CCOC(=O)COc1c(Cl)cc(C=C2NC(=O)N(CC(=O)OC)C2=O)cc1OCC. The van der Waals surface area contributed by atoms with Crippen molar-refractivity contribution in [3.63, 3.8) is 0 Å². The number of amides is 3. The van der Waals surface area contributed by atoms with Gasteiger partial charge in [-0.15, -0.1) is 0 Å². The van der Waals surface area contributed by atoms with E-state index in [2.05, 4.69) is 10.1 Å². The Morgan fingerprint density at radius 1 is 1.13 bits per heavy atom. The van der Waals surface area contributed by atoms with Gasteiger partial charge >= 0.3 is 18.0 Å². The Hall–Kier alpha value is -3.27. The predicted molar refractivity (Wildman–Crippen MR) is 105 cm³/mol. The Kier molecular flexibility index (Phi) is 8.05. The highest BCUT2D eigenvalue weighted by Gasteiger charge is 2.35. The molecule has 1 N–H and O–H groups in total. The number of hydrogen-bond acceptors (Lipinski definition) is 8. The fourth-order valence-electron chi connectivity index (χ4n) is 2.48. The standard InChI is InChI=1S/C19H21ClN2O8/c1-4-28-14-8-11(6-12(20)17(14)30-10-16(24)29-5-2)7-13-18(25)22(19(26)21-13)9-15(23)27-3/h6-8H,4-5,9-10H2,1-3H3,(H,21,26). The van der Waals surface area contributed by atoms with Gasteiger partial charge in [0.25, 0.3) is 5.91 Å². The van der Waals surface area contributed by atoms with E-state index in [1.165, 1.54) is 18.2 Å². The second-order valence-corrected chi connectivity index (χ2v) is 6.22. The zero-order chi connectivity index (χ0) is 22.3. The van der Waals surface area contributed by atoms with E-state index in [1.807, 2.05) is 0 Å². The van der Waals surface area contributed by atoms with Crippen molar-refractivity contribution in [2.75, 3.05) is 33.5 Å². The second kappa shape index (κ2) is 10.5. The minimum Gasteiger partial charge on any atom is -0.490 e. The molecule has 1 aliphatic rings. The van der Waals surface area contributed by atoms with E-state index in [9.17, 15) is 19.2 Å². The summed E-state index contributed by atoms with van der Waals surface area (Å²) in [5, 5.41) is 2.51. The highest BCUT2D eigenvalue weighted by molar-refractivity contribution is 6.32. The number of carbonyl (C=O) groups is 4. The number of rotatable bonds is 9. The number of esters is 2. The van der Waals surface area contributed by atoms with Crippen LogP contribution in [0.2, 0.25) is 5.02 Å². The summed E-state index contributed by atoms with van der Waals surface area (Å²) in [5.74, 6) is -1.61. The number of nitrogens with one attached hydrogen (secondary N) is 1. The summed E-state index contributed by atoms with van der Waals surface area (Å²) < 4.78 is 20.2. The molecule has 1 heterocycles. The van der Waals surface area contributed by atoms with Gasteiger partial charge < -0.3 is 24.3 Å². The lowest BCUT2D eigenvalue weighted by Gasteiger charge is -2.14. The molecule has 30 heavy (non-hydrogen) atoms. The Morgan fingerprint density at radius 2 is 1.87 bits per heavy atom. The van der Waals surface area contributed by atoms with E-state index in [1.54, 1.807) is 13.8 Å². The molecule has 2 rings (SSSR count). The van der Waals surface area contributed by atoms with Gasteiger partial charge in [-0.1, -0.05) is 11.6 Å². The van der Waals surface area contributed by atoms with E-state index in [4.69, 9.17) is 25.8 Å². The summed E-state index contributed by atoms with van der Waals surface area (Å²) in [7, 11) is 1.15. The van der Waals surface area contributed by atoms with Crippen molar-refractivity contribution in [1.82, 2.24) is 10.2 Å². The molecular formula is C19H21ClN2O8. The van der Waals surface area contributed by atoms with E-state index < -0.39 is 30.4 Å². The van der Waals surface area contributed by atoms with Gasteiger partial charge in [0.1, 0.15) is 12.2 Å². The summed E-state index contributed by atoms with van der Waals surface area (Å²) in [6.45, 7) is 3.06. The number of imide groups is 1. The van der Waals surface area contributed by atoms with Crippen molar-refractivity contribution in [2.24, 2.45) is 0 Å². The molecule has 1 fully saturated rings. The van der Waals surface area contributed by atoms with Crippen LogP contribution in [0.15, 0.2) is 17.8 Å². The molecule has 1 aliphatic heterocycles. The third-order valence-corrected chi connectivity index (χ3v) is 4.04. The second-order valence-electron chi connectivity index (χ2n) is 5.81. The van der Waals surface area contributed by atoms with Crippen LogP contribution in [0.1, 0.15) is 19.4 Å². The average Bonchev–Trinajstić information content (AvgIpc) is 2.95. The van der Waals surface area contributed by atoms with Gasteiger partial charge in [-0.3, -0.25) is 9.59 Å². The Bertz CT molecular complexity index is 884. The lowest BCUT2D eigenvalue weighted by molar-refractivity contribution is -0.145. The highest BCUT2D eigenvalue weighted by atomic mass is 35.5. The fraction of sp³-hybridized carbons (Fsp3) is 0.368. The number of hydrogen-bond donors (Lipinski definition) is 1. The van der Waals surface area contributed by atoms with Gasteiger partial charge in [-0.2, -0.15) is 0 Å². The number of halogens is 1. The fourth-order valence-corrected chi connectivity index (χ4v) is 2.76. The molecular weight excluding hydrogens is 420 g/mol. The molecule has 0 radical (unpaired) electrons. The maximum absolute atomic E-state index is 12.4. The summed E-state index contributed by atoms with van der Waals surface area (Å²) in [6.07, 6.45) is 1.38. The Labute approximate surface area is 177 Å². The molecule has 0 atom stereocenters. The highest BCUT2D eigenvalue weighted by Crippen LogP contribution is 2.37. The smallest absolute Gasteiger partial charge is 0.344 e. The van der Waals surface area contributed by atoms with E-state index >= 15 is 0 Å². The molecule has 3 amide bonds. The molecule has 162 valence electrons. The average molecular weight is 441 g/mol. The van der Waals surface area contributed by atoms with Gasteiger partial charge in [0, 0.05) is 0 Å². The molecule has 0 aliphatic carbocycles. The molecule has 1 saturated heterocycles. The van der Waals surface area contributed by atoms with Crippen LogP contribution in [0, 0.1) is 0 Å². The third kappa shape index (κ3) is 5.63. The van der Waals surface area contributed by atoms with Gasteiger partial charge in [0.15, 0.2) is 18.1 Å². The number of methoxy groups -OCH3 is 1. The van der Waals surface area contributed by atoms with Crippen molar-refractivity contribution in [3.05, 3.63) is 28.4 Å². The van der Waals surface area contributed by atoms with E-state index in [-0.39, 0.29) is 42.0 Å². The van der Waals surface area contributed by atoms with Crippen molar-refractivity contribution in [1.29, 1.82) is 0 Å². The van der Waals surface area contributed by atoms with Crippen LogP contribution in [-0.4, -0.2) is 62.3 Å². The quantitative estimate of drug-likeness (QED) is 0.350. The molecule has 0 unspecified atom stereocenters. The molecule has 0 aromatic heterocycles. The number of nitrogens with zero attached hydrogens (tertiary/aromatic N) is 1. The summed E-state index contributed by atoms with van der Waals surface area (Å²) in [5.41, 5.74) is 0.373. The zero-order valence-corrected chi connectivity index (χ0v) is 17.4. The first-order valence-electron chi connectivity index (χ1n) is 8.96. The maximum atomic E-state index is 12.4. The molecule has 0 spiro atoms. The van der Waals surface area contributed by atoms with Gasteiger partial charge in [0.2, 0.25) is 0 Å². The van der Waals surface area contributed by atoms with Crippen molar-refractivity contribution < 1.29 is 38.1 Å². The first-order chi connectivity index (χ1) is 14.3. The lowest BCUT2D eigenvalue weighted by Crippen LogP contribution is -2.36. The van der Waals surface area contributed by atoms with Crippen LogP contribution in [0.5, 0.6) is 11.5 Å². The van der Waals surface area contributed by atoms with E-state index in [0.717, 1.165) is 12.0 Å². The minimum atomic E-state index is -0.748. The van der Waals surface area contributed by atoms with Gasteiger partial charge in [-0.05, 0) is 37.6 Å². The number of benzene rings is 1. The molecule has 0 saturated carbocycles. The molecule has 1 aromatic carbocycles. The van der Waals surface area contributed by atoms with Crippen LogP contribution in [0.4, 0.5) is 4.79 Å². The number of urea groups is 1. The predicted octanol–water partition coefficient (Wildman–Crippen LogP) is 1.75. The largest absolute Gasteiger partial charge is 0.490 e.